The molecule has 0 spiro atoms. The van der Waals surface area contributed by atoms with E-state index in [0.717, 1.165) is 0 Å². The summed E-state index contributed by atoms with van der Waals surface area (Å²) in [6.45, 7) is -0.0717. The maximum atomic E-state index is 10.0. The van der Waals surface area contributed by atoms with E-state index in [4.69, 9.17) is 14.6 Å². The van der Waals surface area contributed by atoms with Crippen LogP contribution in [0.1, 0.15) is 18.1 Å². The number of aliphatic hydroxyl groups excluding tert-OH is 2. The van der Waals surface area contributed by atoms with Gasteiger partial charge in [0.15, 0.2) is 11.5 Å². The van der Waals surface area contributed by atoms with Crippen LogP contribution in [0, 0.1) is 0 Å². The Kier molecular flexibility index (Phi) is 5.21. The normalized spacial score (nSPS) is 14.4. The number of ether oxygens (including phenoxy) is 2. The fraction of sp³-hybridized carbons (Fsp3) is 0.500. The van der Waals surface area contributed by atoms with Crippen LogP contribution in [0.5, 0.6) is 11.5 Å². The summed E-state index contributed by atoms with van der Waals surface area (Å²) in [6.07, 6.45) is -1.08. The van der Waals surface area contributed by atoms with Crippen LogP contribution in [0.3, 0.4) is 0 Å². The van der Waals surface area contributed by atoms with Crippen LogP contribution in [0.15, 0.2) is 18.2 Å². The van der Waals surface area contributed by atoms with Gasteiger partial charge in [-0.3, -0.25) is 0 Å². The van der Waals surface area contributed by atoms with E-state index >= 15 is 0 Å². The van der Waals surface area contributed by atoms with Gasteiger partial charge in [0.05, 0.1) is 13.2 Å². The van der Waals surface area contributed by atoms with Crippen molar-refractivity contribution in [1.82, 2.24) is 0 Å². The molecule has 0 saturated carbocycles. The Morgan fingerprint density at radius 3 is 2.47 bits per heavy atom. The van der Waals surface area contributed by atoms with Crippen molar-refractivity contribution < 1.29 is 24.8 Å². The highest BCUT2D eigenvalue weighted by atomic mass is 16.5. The highest BCUT2D eigenvalue weighted by Crippen LogP contribution is 2.30. The molecule has 1 aromatic carbocycles. The van der Waals surface area contributed by atoms with Crippen molar-refractivity contribution in [3.8, 4) is 11.5 Å². The first-order chi connectivity index (χ1) is 8.13. The van der Waals surface area contributed by atoms with Crippen molar-refractivity contribution in [3.63, 3.8) is 0 Å². The summed E-state index contributed by atoms with van der Waals surface area (Å²) in [4.78, 5) is 0. The second-order valence-corrected chi connectivity index (χ2v) is 3.66. The molecule has 1 aromatic rings. The first-order valence-electron chi connectivity index (χ1n) is 5.32. The van der Waals surface area contributed by atoms with Crippen molar-refractivity contribution in [2.45, 2.75) is 18.6 Å². The van der Waals surface area contributed by atoms with E-state index in [-0.39, 0.29) is 12.4 Å². The first kappa shape index (κ1) is 13.8. The minimum absolute atomic E-state index is 0.0390. The smallest absolute Gasteiger partial charge is 0.160 e. The summed E-state index contributed by atoms with van der Waals surface area (Å²) in [7, 11) is 2.92. The highest BCUT2D eigenvalue weighted by Gasteiger charge is 2.21. The lowest BCUT2D eigenvalue weighted by atomic mass is 10.0. The summed E-state index contributed by atoms with van der Waals surface area (Å²) < 4.78 is 9.99. The van der Waals surface area contributed by atoms with E-state index in [0.29, 0.717) is 17.7 Å². The topological polar surface area (TPSA) is 79.2 Å². The van der Waals surface area contributed by atoms with Gasteiger partial charge in [-0.15, -0.1) is 0 Å². The molecule has 0 amide bonds. The van der Waals surface area contributed by atoms with E-state index < -0.39 is 12.2 Å². The number of methoxy groups -OCH3 is 2. The van der Waals surface area contributed by atoms with Crippen molar-refractivity contribution in [2.24, 2.45) is 0 Å². The lowest BCUT2D eigenvalue weighted by molar-refractivity contribution is -0.0253. The second kappa shape index (κ2) is 6.44. The third-order valence-corrected chi connectivity index (χ3v) is 2.61. The summed E-state index contributed by atoms with van der Waals surface area (Å²) in [5.41, 5.74) is 0.517. The Bertz CT molecular complexity index is 353. The van der Waals surface area contributed by atoms with Gasteiger partial charge in [0, 0.05) is 13.7 Å². The number of aliphatic hydroxyl groups is 2. The summed E-state index contributed by atoms with van der Waals surface area (Å²) in [6, 6.07) is 4.64. The standard InChI is InChI=1S/C12H18O5/c1-16-10-4-3-8(7-9(10)14)12(15)11(17-2)5-6-13/h3-4,7,11-15H,5-6H2,1-2H3/t11-,12-/m0/s1. The largest absolute Gasteiger partial charge is 0.504 e. The van der Waals surface area contributed by atoms with Crippen molar-refractivity contribution in [3.05, 3.63) is 23.8 Å². The van der Waals surface area contributed by atoms with Gasteiger partial charge in [-0.1, -0.05) is 6.07 Å². The zero-order chi connectivity index (χ0) is 12.8. The number of hydrogen-bond acceptors (Lipinski definition) is 5. The average molecular weight is 242 g/mol. The Hall–Kier alpha value is -1.30. The zero-order valence-corrected chi connectivity index (χ0v) is 9.96. The fourth-order valence-corrected chi connectivity index (χ4v) is 1.64. The molecule has 17 heavy (non-hydrogen) atoms. The predicted octanol–water partition coefficient (Wildman–Crippen LogP) is 0.832. The van der Waals surface area contributed by atoms with E-state index in [2.05, 4.69) is 0 Å². The summed E-state index contributed by atoms with van der Waals surface area (Å²) >= 11 is 0. The van der Waals surface area contributed by atoms with E-state index in [1.807, 2.05) is 0 Å². The fourth-order valence-electron chi connectivity index (χ4n) is 1.64. The number of phenolic OH excluding ortho intramolecular Hbond substituents is 1. The third-order valence-electron chi connectivity index (χ3n) is 2.61. The van der Waals surface area contributed by atoms with Crippen molar-refractivity contribution >= 4 is 0 Å². The minimum Gasteiger partial charge on any atom is -0.504 e. The molecular formula is C12H18O5. The summed E-state index contributed by atoms with van der Waals surface area (Å²) in [5.74, 6) is 0.306. The quantitative estimate of drug-likeness (QED) is 0.688. The number of aromatic hydroxyl groups is 1. The van der Waals surface area contributed by atoms with E-state index in [1.54, 1.807) is 12.1 Å². The molecular weight excluding hydrogens is 224 g/mol. The zero-order valence-electron chi connectivity index (χ0n) is 9.96. The second-order valence-electron chi connectivity index (χ2n) is 3.66. The SMILES string of the molecule is COc1ccc([C@H](O)[C@H](CCO)OC)cc1O. The Balaban J connectivity index is 2.87. The molecule has 0 fully saturated rings. The predicted molar refractivity (Wildman–Crippen MR) is 62.1 cm³/mol. The molecule has 0 saturated heterocycles. The van der Waals surface area contributed by atoms with Gasteiger partial charge < -0.3 is 24.8 Å². The number of phenols is 1. The molecule has 1 rings (SSSR count). The molecule has 0 aliphatic heterocycles. The number of benzene rings is 1. The van der Waals surface area contributed by atoms with Crippen LogP contribution in [-0.4, -0.2) is 42.3 Å². The molecule has 3 N–H and O–H groups in total. The molecule has 2 atom stereocenters. The van der Waals surface area contributed by atoms with Gasteiger partial charge >= 0.3 is 0 Å². The molecule has 0 aliphatic carbocycles. The highest BCUT2D eigenvalue weighted by molar-refractivity contribution is 5.42. The molecule has 0 unspecified atom stereocenters. The van der Waals surface area contributed by atoms with Crippen LogP contribution in [0.4, 0.5) is 0 Å². The van der Waals surface area contributed by atoms with E-state index in [1.165, 1.54) is 20.3 Å². The lowest BCUT2D eigenvalue weighted by Crippen LogP contribution is -2.22. The van der Waals surface area contributed by atoms with Gasteiger partial charge in [0.25, 0.3) is 0 Å². The van der Waals surface area contributed by atoms with E-state index in [9.17, 15) is 10.2 Å². The van der Waals surface area contributed by atoms with Gasteiger partial charge in [-0.25, -0.2) is 0 Å². The van der Waals surface area contributed by atoms with Gasteiger partial charge in [-0.05, 0) is 24.1 Å². The van der Waals surface area contributed by atoms with Crippen molar-refractivity contribution in [2.75, 3.05) is 20.8 Å². The van der Waals surface area contributed by atoms with Gasteiger partial charge in [-0.2, -0.15) is 0 Å². The van der Waals surface area contributed by atoms with Gasteiger partial charge in [0.2, 0.25) is 0 Å². The third kappa shape index (κ3) is 3.33. The molecule has 0 heterocycles. The van der Waals surface area contributed by atoms with Crippen LogP contribution >= 0.6 is 0 Å². The molecule has 0 aliphatic rings. The maximum absolute atomic E-state index is 10.0. The molecule has 5 heteroatoms. The summed E-state index contributed by atoms with van der Waals surface area (Å²) in [5, 5.41) is 28.4. The van der Waals surface area contributed by atoms with Gasteiger partial charge in [0.1, 0.15) is 6.10 Å². The van der Waals surface area contributed by atoms with Crippen LogP contribution in [0.25, 0.3) is 0 Å². The molecule has 0 aromatic heterocycles. The number of hydrogen-bond donors (Lipinski definition) is 3. The monoisotopic (exact) mass is 242 g/mol. The van der Waals surface area contributed by atoms with Crippen LogP contribution in [0.2, 0.25) is 0 Å². The Morgan fingerprint density at radius 2 is 2.00 bits per heavy atom. The number of rotatable bonds is 6. The molecule has 0 bridgehead atoms. The van der Waals surface area contributed by atoms with Crippen LogP contribution < -0.4 is 4.74 Å². The maximum Gasteiger partial charge on any atom is 0.160 e. The Labute approximate surface area is 100 Å². The molecule has 96 valence electrons. The average Bonchev–Trinajstić information content (AvgIpc) is 2.35. The Morgan fingerprint density at radius 1 is 1.29 bits per heavy atom. The van der Waals surface area contributed by atoms with Crippen molar-refractivity contribution in [1.29, 1.82) is 0 Å². The molecule has 0 radical (unpaired) electrons. The van der Waals surface area contributed by atoms with Crippen LogP contribution in [-0.2, 0) is 4.74 Å². The lowest BCUT2D eigenvalue weighted by Gasteiger charge is -2.21. The first-order valence-corrected chi connectivity index (χ1v) is 5.32. The molecule has 5 nitrogen and oxygen atoms in total. The minimum atomic E-state index is -0.899.